The van der Waals surface area contributed by atoms with Gasteiger partial charge in [-0.25, -0.2) is 0 Å². The Morgan fingerprint density at radius 1 is 1.16 bits per heavy atom. The standard InChI is InChI=1S/C13H16N4O2/c14-11-4-2-1-3-10(11)9-12-15-16-13(19-12)17-5-7-18-8-6-17/h1-4H,5-9,14H2. The summed E-state index contributed by atoms with van der Waals surface area (Å²) in [4.78, 5) is 2.04. The lowest BCUT2D eigenvalue weighted by Gasteiger charge is -2.24. The number of para-hydroxylation sites is 1. The zero-order chi connectivity index (χ0) is 13.1. The van der Waals surface area contributed by atoms with Gasteiger partial charge in [-0.05, 0) is 11.6 Å². The van der Waals surface area contributed by atoms with Gasteiger partial charge in [-0.15, -0.1) is 5.10 Å². The van der Waals surface area contributed by atoms with E-state index in [-0.39, 0.29) is 0 Å². The highest BCUT2D eigenvalue weighted by Gasteiger charge is 2.17. The first-order chi connectivity index (χ1) is 9.33. The highest BCUT2D eigenvalue weighted by Crippen LogP contribution is 2.18. The van der Waals surface area contributed by atoms with Crippen molar-refractivity contribution in [1.29, 1.82) is 0 Å². The van der Waals surface area contributed by atoms with Crippen molar-refractivity contribution in [3.05, 3.63) is 35.7 Å². The summed E-state index contributed by atoms with van der Waals surface area (Å²) in [5, 5.41) is 8.15. The van der Waals surface area contributed by atoms with E-state index in [4.69, 9.17) is 14.9 Å². The van der Waals surface area contributed by atoms with Crippen LogP contribution in [0.25, 0.3) is 0 Å². The van der Waals surface area contributed by atoms with Gasteiger partial charge >= 0.3 is 6.01 Å². The Bertz CT molecular complexity index is 549. The number of nitrogens with two attached hydrogens (primary N) is 1. The average Bonchev–Trinajstić information content (AvgIpc) is 2.91. The van der Waals surface area contributed by atoms with Gasteiger partial charge in [0.25, 0.3) is 0 Å². The Kier molecular flexibility index (Phi) is 3.33. The normalized spacial score (nSPS) is 15.7. The van der Waals surface area contributed by atoms with E-state index >= 15 is 0 Å². The molecule has 2 heterocycles. The maximum absolute atomic E-state index is 5.90. The van der Waals surface area contributed by atoms with Crippen LogP contribution in [-0.2, 0) is 11.2 Å². The molecule has 1 aliphatic heterocycles. The van der Waals surface area contributed by atoms with E-state index in [0.29, 0.717) is 31.5 Å². The molecule has 2 aromatic rings. The fourth-order valence-electron chi connectivity index (χ4n) is 2.06. The molecule has 1 saturated heterocycles. The van der Waals surface area contributed by atoms with Gasteiger partial charge in [0.2, 0.25) is 5.89 Å². The Hall–Kier alpha value is -2.08. The largest absolute Gasteiger partial charge is 0.408 e. The number of nitrogen functional groups attached to an aromatic ring is 1. The number of hydrogen-bond donors (Lipinski definition) is 1. The van der Waals surface area contributed by atoms with E-state index in [2.05, 4.69) is 10.2 Å². The maximum Gasteiger partial charge on any atom is 0.318 e. The van der Waals surface area contributed by atoms with Crippen LogP contribution in [0.1, 0.15) is 11.5 Å². The summed E-state index contributed by atoms with van der Waals surface area (Å²) in [7, 11) is 0. The van der Waals surface area contributed by atoms with E-state index in [1.165, 1.54) is 0 Å². The molecule has 0 atom stereocenters. The topological polar surface area (TPSA) is 77.4 Å². The lowest BCUT2D eigenvalue weighted by Crippen LogP contribution is -2.36. The number of aromatic nitrogens is 2. The second-order valence-corrected chi connectivity index (χ2v) is 4.45. The summed E-state index contributed by atoms with van der Waals surface area (Å²) in [5.74, 6) is 0.583. The first-order valence-corrected chi connectivity index (χ1v) is 6.31. The molecule has 1 fully saturated rings. The summed E-state index contributed by atoms with van der Waals surface area (Å²) in [6.45, 7) is 2.97. The molecule has 0 radical (unpaired) electrons. The number of morpholine rings is 1. The highest BCUT2D eigenvalue weighted by molar-refractivity contribution is 5.47. The quantitative estimate of drug-likeness (QED) is 0.832. The van der Waals surface area contributed by atoms with E-state index in [1.807, 2.05) is 29.2 Å². The van der Waals surface area contributed by atoms with E-state index in [1.54, 1.807) is 0 Å². The molecule has 0 saturated carbocycles. The monoisotopic (exact) mass is 260 g/mol. The van der Waals surface area contributed by atoms with Crippen LogP contribution in [0, 0.1) is 0 Å². The summed E-state index contributed by atoms with van der Waals surface area (Å²) < 4.78 is 11.0. The Balaban J connectivity index is 1.73. The van der Waals surface area contributed by atoms with Gasteiger partial charge in [0.05, 0.1) is 19.6 Å². The fourth-order valence-corrected chi connectivity index (χ4v) is 2.06. The zero-order valence-electron chi connectivity index (χ0n) is 10.6. The van der Waals surface area contributed by atoms with E-state index in [0.717, 1.165) is 24.3 Å². The molecule has 0 bridgehead atoms. The molecule has 0 aliphatic carbocycles. The van der Waals surface area contributed by atoms with Crippen LogP contribution in [0.5, 0.6) is 0 Å². The van der Waals surface area contributed by atoms with Crippen molar-refractivity contribution in [3.8, 4) is 0 Å². The number of rotatable bonds is 3. The number of hydrogen-bond acceptors (Lipinski definition) is 6. The second-order valence-electron chi connectivity index (χ2n) is 4.45. The van der Waals surface area contributed by atoms with Crippen LogP contribution < -0.4 is 10.6 Å². The molecule has 6 heteroatoms. The molecule has 0 spiro atoms. The van der Waals surface area contributed by atoms with Crippen LogP contribution in [0.4, 0.5) is 11.7 Å². The lowest BCUT2D eigenvalue weighted by atomic mass is 10.1. The smallest absolute Gasteiger partial charge is 0.318 e. The second kappa shape index (κ2) is 5.27. The Morgan fingerprint density at radius 3 is 2.74 bits per heavy atom. The van der Waals surface area contributed by atoms with Crippen molar-refractivity contribution in [2.45, 2.75) is 6.42 Å². The van der Waals surface area contributed by atoms with Crippen molar-refractivity contribution >= 4 is 11.7 Å². The molecular formula is C13H16N4O2. The van der Waals surface area contributed by atoms with Gasteiger partial charge < -0.3 is 19.8 Å². The SMILES string of the molecule is Nc1ccccc1Cc1nnc(N2CCOCC2)o1. The van der Waals surface area contributed by atoms with Crippen molar-refractivity contribution in [2.75, 3.05) is 36.9 Å². The third-order valence-corrected chi connectivity index (χ3v) is 3.13. The molecule has 2 N–H and O–H groups in total. The van der Waals surface area contributed by atoms with Crippen LogP contribution >= 0.6 is 0 Å². The van der Waals surface area contributed by atoms with E-state index in [9.17, 15) is 0 Å². The lowest BCUT2D eigenvalue weighted by molar-refractivity contribution is 0.120. The van der Waals surface area contributed by atoms with Crippen LogP contribution in [0.2, 0.25) is 0 Å². The molecule has 1 aromatic carbocycles. The number of anilines is 2. The summed E-state index contributed by atoms with van der Waals surface area (Å²) >= 11 is 0. The van der Waals surface area contributed by atoms with Gasteiger partial charge in [0.15, 0.2) is 0 Å². The summed E-state index contributed by atoms with van der Waals surface area (Å²) in [6.07, 6.45) is 0.560. The van der Waals surface area contributed by atoms with Crippen molar-refractivity contribution in [2.24, 2.45) is 0 Å². The maximum atomic E-state index is 5.90. The molecule has 1 aliphatic rings. The Morgan fingerprint density at radius 2 is 1.95 bits per heavy atom. The molecule has 0 unspecified atom stereocenters. The number of nitrogens with zero attached hydrogens (tertiary/aromatic N) is 3. The highest BCUT2D eigenvalue weighted by atomic mass is 16.5. The molecular weight excluding hydrogens is 244 g/mol. The fraction of sp³-hybridized carbons (Fsp3) is 0.385. The van der Waals surface area contributed by atoms with E-state index < -0.39 is 0 Å². The zero-order valence-corrected chi connectivity index (χ0v) is 10.6. The van der Waals surface area contributed by atoms with Crippen molar-refractivity contribution in [1.82, 2.24) is 10.2 Å². The summed E-state index contributed by atoms with van der Waals surface area (Å²) in [6, 6.07) is 8.26. The van der Waals surface area contributed by atoms with Crippen LogP contribution in [0.15, 0.2) is 28.7 Å². The minimum Gasteiger partial charge on any atom is -0.408 e. The van der Waals surface area contributed by atoms with Crippen LogP contribution in [-0.4, -0.2) is 36.5 Å². The molecule has 19 heavy (non-hydrogen) atoms. The third-order valence-electron chi connectivity index (χ3n) is 3.13. The predicted octanol–water partition coefficient (Wildman–Crippen LogP) is 1.08. The predicted molar refractivity (Wildman–Crippen MR) is 71.0 cm³/mol. The van der Waals surface area contributed by atoms with Gasteiger partial charge in [-0.1, -0.05) is 23.3 Å². The molecule has 100 valence electrons. The van der Waals surface area contributed by atoms with Crippen molar-refractivity contribution < 1.29 is 9.15 Å². The van der Waals surface area contributed by atoms with Gasteiger partial charge in [0, 0.05) is 18.8 Å². The third kappa shape index (κ3) is 2.68. The molecule has 1 aromatic heterocycles. The van der Waals surface area contributed by atoms with Crippen molar-refractivity contribution in [3.63, 3.8) is 0 Å². The molecule has 0 amide bonds. The minimum atomic E-state index is 0.560. The number of ether oxygens (including phenoxy) is 1. The van der Waals surface area contributed by atoms with Crippen LogP contribution in [0.3, 0.4) is 0 Å². The van der Waals surface area contributed by atoms with Gasteiger partial charge in [0.1, 0.15) is 0 Å². The minimum absolute atomic E-state index is 0.560. The Labute approximate surface area is 111 Å². The molecule has 6 nitrogen and oxygen atoms in total. The van der Waals surface area contributed by atoms with Gasteiger partial charge in [-0.3, -0.25) is 0 Å². The summed E-state index contributed by atoms with van der Waals surface area (Å²) in [5.41, 5.74) is 7.64. The van der Waals surface area contributed by atoms with Gasteiger partial charge in [-0.2, -0.15) is 0 Å². The molecule has 3 rings (SSSR count). The number of benzene rings is 1. The first kappa shape index (κ1) is 12.0. The average molecular weight is 260 g/mol. The first-order valence-electron chi connectivity index (χ1n) is 6.31.